The van der Waals surface area contributed by atoms with Gasteiger partial charge in [0, 0.05) is 20.1 Å². The first-order valence-electron chi connectivity index (χ1n) is 5.47. The molecule has 0 atom stereocenters. The van der Waals surface area contributed by atoms with Crippen LogP contribution in [0.1, 0.15) is 20.3 Å². The lowest BCUT2D eigenvalue weighted by atomic mass is 9.93. The average Bonchev–Trinajstić information content (AvgIpc) is 2.59. The molecule has 0 spiro atoms. The lowest BCUT2D eigenvalue weighted by Crippen LogP contribution is -2.25. The van der Waals surface area contributed by atoms with E-state index >= 15 is 0 Å². The molecule has 88 valence electrons. The normalized spacial score (nSPS) is 18.9. The van der Waals surface area contributed by atoms with Crippen LogP contribution in [0.3, 0.4) is 0 Å². The van der Waals surface area contributed by atoms with E-state index in [1.807, 2.05) is 4.90 Å². The Kier molecular flexibility index (Phi) is 2.69. The van der Waals surface area contributed by atoms with E-state index in [1.165, 1.54) is 6.20 Å². The fraction of sp³-hybridized carbons (Fsp3) is 0.636. The lowest BCUT2D eigenvalue weighted by molar-refractivity contribution is 0.418. The fourth-order valence-corrected chi connectivity index (χ4v) is 1.99. The number of nitrogens with zero attached hydrogens (tertiary/aromatic N) is 3. The molecule has 0 saturated carbocycles. The predicted molar refractivity (Wildman–Crippen MR) is 62.1 cm³/mol. The quantitative estimate of drug-likeness (QED) is 0.833. The summed E-state index contributed by atoms with van der Waals surface area (Å²) < 4.78 is 13.6. The molecule has 1 N–H and O–H groups in total. The Labute approximate surface area is 94.9 Å². The predicted octanol–water partition coefficient (Wildman–Crippen LogP) is 1.89. The van der Waals surface area contributed by atoms with Crippen LogP contribution in [-0.2, 0) is 0 Å². The first-order valence-corrected chi connectivity index (χ1v) is 5.47. The van der Waals surface area contributed by atoms with Crippen molar-refractivity contribution in [1.82, 2.24) is 9.97 Å². The van der Waals surface area contributed by atoms with E-state index in [0.29, 0.717) is 11.8 Å². The molecule has 0 aliphatic carbocycles. The number of halogens is 1. The maximum absolute atomic E-state index is 13.6. The van der Waals surface area contributed by atoms with Gasteiger partial charge in [0.1, 0.15) is 0 Å². The summed E-state index contributed by atoms with van der Waals surface area (Å²) in [6, 6.07) is 0. The monoisotopic (exact) mass is 224 g/mol. The van der Waals surface area contributed by atoms with Gasteiger partial charge >= 0.3 is 0 Å². The molecule has 1 saturated heterocycles. The van der Waals surface area contributed by atoms with Crippen LogP contribution in [0.25, 0.3) is 0 Å². The first-order chi connectivity index (χ1) is 7.52. The van der Waals surface area contributed by atoms with Crippen molar-refractivity contribution in [3.8, 4) is 0 Å². The van der Waals surface area contributed by atoms with Crippen LogP contribution >= 0.6 is 0 Å². The van der Waals surface area contributed by atoms with Gasteiger partial charge in [-0.25, -0.2) is 9.37 Å². The number of anilines is 2. The molecule has 16 heavy (non-hydrogen) atoms. The van der Waals surface area contributed by atoms with Crippen LogP contribution in [0.2, 0.25) is 0 Å². The highest BCUT2D eigenvalue weighted by atomic mass is 19.1. The van der Waals surface area contributed by atoms with Gasteiger partial charge in [-0.15, -0.1) is 0 Å². The zero-order chi connectivity index (χ0) is 11.8. The Morgan fingerprint density at radius 2 is 2.25 bits per heavy atom. The molecule has 1 aromatic rings. The van der Waals surface area contributed by atoms with Gasteiger partial charge in [0.25, 0.3) is 0 Å². The summed E-state index contributed by atoms with van der Waals surface area (Å²) in [4.78, 5) is 9.99. The van der Waals surface area contributed by atoms with Crippen molar-refractivity contribution in [3.63, 3.8) is 0 Å². The van der Waals surface area contributed by atoms with Gasteiger partial charge in [-0.2, -0.15) is 4.98 Å². The van der Waals surface area contributed by atoms with Crippen molar-refractivity contribution in [3.05, 3.63) is 12.0 Å². The second kappa shape index (κ2) is 3.88. The van der Waals surface area contributed by atoms with Gasteiger partial charge < -0.3 is 10.2 Å². The van der Waals surface area contributed by atoms with Gasteiger partial charge in [-0.05, 0) is 11.8 Å². The van der Waals surface area contributed by atoms with E-state index in [1.54, 1.807) is 7.05 Å². The Morgan fingerprint density at radius 1 is 1.50 bits per heavy atom. The van der Waals surface area contributed by atoms with Gasteiger partial charge in [-0.1, -0.05) is 13.8 Å². The Hall–Kier alpha value is -1.39. The van der Waals surface area contributed by atoms with Crippen LogP contribution in [0.15, 0.2) is 6.20 Å². The fourth-order valence-electron chi connectivity index (χ4n) is 1.99. The summed E-state index contributed by atoms with van der Waals surface area (Å²) in [5, 5.41) is 2.82. The number of hydrogen-bond acceptors (Lipinski definition) is 4. The molecule has 1 fully saturated rings. The first kappa shape index (κ1) is 11.1. The van der Waals surface area contributed by atoms with E-state index in [-0.39, 0.29) is 11.2 Å². The zero-order valence-corrected chi connectivity index (χ0v) is 9.92. The molecule has 1 aliphatic rings. The maximum Gasteiger partial charge on any atom is 0.224 e. The third-order valence-electron chi connectivity index (χ3n) is 2.93. The summed E-state index contributed by atoms with van der Waals surface area (Å²) in [5.41, 5.74) is 0.233. The maximum atomic E-state index is 13.6. The number of rotatable bonds is 2. The summed E-state index contributed by atoms with van der Waals surface area (Å²) >= 11 is 0. The summed E-state index contributed by atoms with van der Waals surface area (Å²) in [7, 11) is 1.73. The van der Waals surface area contributed by atoms with E-state index in [9.17, 15) is 4.39 Å². The molecule has 2 heterocycles. The van der Waals surface area contributed by atoms with E-state index < -0.39 is 0 Å². The number of hydrogen-bond donors (Lipinski definition) is 1. The van der Waals surface area contributed by atoms with Crippen molar-refractivity contribution >= 4 is 11.8 Å². The highest BCUT2D eigenvalue weighted by molar-refractivity contribution is 5.45. The largest absolute Gasteiger partial charge is 0.357 e. The summed E-state index contributed by atoms with van der Waals surface area (Å²) in [6.45, 7) is 6.06. The standard InChI is InChI=1S/C11H17FN4/c1-11(2)4-5-16(7-11)9-8(12)6-14-10(13-3)15-9/h6H,4-5,7H2,1-3H3,(H,13,14,15). The van der Waals surface area contributed by atoms with E-state index in [2.05, 4.69) is 29.1 Å². The molecular weight excluding hydrogens is 207 g/mol. The van der Waals surface area contributed by atoms with Crippen LogP contribution in [-0.4, -0.2) is 30.1 Å². The number of aromatic nitrogens is 2. The van der Waals surface area contributed by atoms with Crippen LogP contribution in [0, 0.1) is 11.2 Å². The number of nitrogens with one attached hydrogen (secondary N) is 1. The molecule has 1 aromatic heterocycles. The SMILES string of the molecule is CNc1ncc(F)c(N2CCC(C)(C)C2)n1. The minimum absolute atomic E-state index is 0.233. The zero-order valence-electron chi connectivity index (χ0n) is 9.92. The van der Waals surface area contributed by atoms with Crippen molar-refractivity contribution in [1.29, 1.82) is 0 Å². The van der Waals surface area contributed by atoms with Gasteiger partial charge in [-0.3, -0.25) is 0 Å². The molecule has 0 aromatic carbocycles. The van der Waals surface area contributed by atoms with E-state index in [0.717, 1.165) is 19.5 Å². The third kappa shape index (κ3) is 2.08. The molecule has 1 aliphatic heterocycles. The van der Waals surface area contributed by atoms with Crippen molar-refractivity contribution in [2.24, 2.45) is 5.41 Å². The Bertz CT molecular complexity index is 392. The van der Waals surface area contributed by atoms with Crippen LogP contribution < -0.4 is 10.2 Å². The lowest BCUT2D eigenvalue weighted by Gasteiger charge is -2.21. The van der Waals surface area contributed by atoms with E-state index in [4.69, 9.17) is 0 Å². The molecular formula is C11H17FN4. The molecule has 0 radical (unpaired) electrons. The van der Waals surface area contributed by atoms with Crippen molar-refractivity contribution < 1.29 is 4.39 Å². The molecule has 0 amide bonds. The summed E-state index contributed by atoms with van der Waals surface area (Å²) in [5.74, 6) is 0.516. The van der Waals surface area contributed by atoms with Crippen LogP contribution in [0.4, 0.5) is 16.2 Å². The topological polar surface area (TPSA) is 41.1 Å². The molecule has 0 bridgehead atoms. The second-order valence-electron chi connectivity index (χ2n) is 4.95. The molecule has 5 heteroatoms. The average molecular weight is 224 g/mol. The molecule has 2 rings (SSSR count). The molecule has 0 unspecified atom stereocenters. The minimum atomic E-state index is -0.350. The summed E-state index contributed by atoms with van der Waals surface area (Å²) in [6.07, 6.45) is 2.28. The molecule has 4 nitrogen and oxygen atoms in total. The van der Waals surface area contributed by atoms with Gasteiger partial charge in [0.05, 0.1) is 6.20 Å². The van der Waals surface area contributed by atoms with Gasteiger partial charge in [0.2, 0.25) is 5.95 Å². The van der Waals surface area contributed by atoms with Crippen LogP contribution in [0.5, 0.6) is 0 Å². The Morgan fingerprint density at radius 3 is 2.81 bits per heavy atom. The van der Waals surface area contributed by atoms with Crippen molar-refractivity contribution in [2.45, 2.75) is 20.3 Å². The highest BCUT2D eigenvalue weighted by Gasteiger charge is 2.31. The Balaban J connectivity index is 2.27. The highest BCUT2D eigenvalue weighted by Crippen LogP contribution is 2.32. The smallest absolute Gasteiger partial charge is 0.224 e. The second-order valence-corrected chi connectivity index (χ2v) is 4.95. The van der Waals surface area contributed by atoms with Gasteiger partial charge in [0.15, 0.2) is 11.6 Å². The minimum Gasteiger partial charge on any atom is -0.357 e. The van der Waals surface area contributed by atoms with Crippen molar-refractivity contribution in [2.75, 3.05) is 30.4 Å². The third-order valence-corrected chi connectivity index (χ3v) is 2.93.